The van der Waals surface area contributed by atoms with Crippen molar-refractivity contribution in [3.63, 3.8) is 0 Å². The number of carbonyl (C=O) groups is 1. The highest BCUT2D eigenvalue weighted by Gasteiger charge is 2.16. The van der Waals surface area contributed by atoms with Crippen molar-refractivity contribution in [2.45, 2.75) is 36.3 Å². The van der Waals surface area contributed by atoms with E-state index in [4.69, 9.17) is 0 Å². The van der Waals surface area contributed by atoms with Crippen molar-refractivity contribution >= 4 is 33.0 Å². The molecule has 28 heavy (non-hydrogen) atoms. The third-order valence-electron chi connectivity index (χ3n) is 4.77. The number of carbonyl (C=O) groups excluding carboxylic acids is 1. The number of anilines is 1. The van der Waals surface area contributed by atoms with Gasteiger partial charge in [0.2, 0.25) is 0 Å². The molecule has 1 fully saturated rings. The average molecular weight is 422 g/mol. The number of rotatable bonds is 8. The minimum atomic E-state index is -3.62. The molecule has 1 aliphatic heterocycles. The number of benzene rings is 1. The molecule has 1 aromatic carbocycles. The SMILES string of the molecule is O=C(NCCCN1CCCCCC1)c1cccc(NS(=O)(=O)c2cccs2)c1. The lowest BCUT2D eigenvalue weighted by atomic mass is 10.2. The van der Waals surface area contributed by atoms with E-state index in [-0.39, 0.29) is 10.1 Å². The summed E-state index contributed by atoms with van der Waals surface area (Å²) in [6, 6.07) is 9.81. The normalized spacial score (nSPS) is 15.7. The van der Waals surface area contributed by atoms with Gasteiger partial charge in [0.25, 0.3) is 15.9 Å². The molecule has 8 heteroatoms. The van der Waals surface area contributed by atoms with E-state index in [1.165, 1.54) is 25.7 Å². The maximum absolute atomic E-state index is 12.4. The van der Waals surface area contributed by atoms with Crippen molar-refractivity contribution in [3.05, 3.63) is 47.3 Å². The first-order valence-electron chi connectivity index (χ1n) is 9.71. The van der Waals surface area contributed by atoms with E-state index in [2.05, 4.69) is 14.9 Å². The summed E-state index contributed by atoms with van der Waals surface area (Å²) >= 11 is 1.15. The number of likely N-dealkylation sites (tertiary alicyclic amines) is 1. The van der Waals surface area contributed by atoms with E-state index >= 15 is 0 Å². The second kappa shape index (κ2) is 10.0. The van der Waals surface area contributed by atoms with Gasteiger partial charge in [-0.1, -0.05) is 25.0 Å². The van der Waals surface area contributed by atoms with Crippen LogP contribution in [0.2, 0.25) is 0 Å². The van der Waals surface area contributed by atoms with Gasteiger partial charge in [0.1, 0.15) is 4.21 Å². The molecule has 0 saturated carbocycles. The fraction of sp³-hybridized carbons (Fsp3) is 0.450. The van der Waals surface area contributed by atoms with E-state index in [1.807, 2.05) is 0 Å². The van der Waals surface area contributed by atoms with Crippen molar-refractivity contribution < 1.29 is 13.2 Å². The Labute approximate surface area is 171 Å². The van der Waals surface area contributed by atoms with E-state index in [1.54, 1.807) is 41.8 Å². The van der Waals surface area contributed by atoms with Crippen LogP contribution in [0.25, 0.3) is 0 Å². The second-order valence-electron chi connectivity index (χ2n) is 6.98. The van der Waals surface area contributed by atoms with E-state index < -0.39 is 10.0 Å². The van der Waals surface area contributed by atoms with Gasteiger partial charge in [-0.3, -0.25) is 9.52 Å². The summed E-state index contributed by atoms with van der Waals surface area (Å²) in [6.45, 7) is 3.92. The molecule has 152 valence electrons. The van der Waals surface area contributed by atoms with Crippen LogP contribution in [0.1, 0.15) is 42.5 Å². The molecule has 1 amide bonds. The number of sulfonamides is 1. The summed E-state index contributed by atoms with van der Waals surface area (Å²) in [4.78, 5) is 14.9. The summed E-state index contributed by atoms with van der Waals surface area (Å²) in [7, 11) is -3.62. The van der Waals surface area contributed by atoms with Crippen LogP contribution in [-0.2, 0) is 10.0 Å². The number of thiophene rings is 1. The van der Waals surface area contributed by atoms with Crippen LogP contribution < -0.4 is 10.0 Å². The predicted octanol–water partition coefficient (Wildman–Crippen LogP) is 3.54. The molecule has 3 rings (SSSR count). The first-order chi connectivity index (χ1) is 13.5. The molecule has 1 saturated heterocycles. The number of amides is 1. The topological polar surface area (TPSA) is 78.5 Å². The highest BCUT2D eigenvalue weighted by molar-refractivity contribution is 7.94. The maximum atomic E-state index is 12.4. The molecule has 0 unspecified atom stereocenters. The van der Waals surface area contributed by atoms with Gasteiger partial charge >= 0.3 is 0 Å². The lowest BCUT2D eigenvalue weighted by Gasteiger charge is -2.19. The summed E-state index contributed by atoms with van der Waals surface area (Å²) in [5.74, 6) is -0.187. The molecule has 0 atom stereocenters. The molecule has 0 bridgehead atoms. The highest BCUT2D eigenvalue weighted by atomic mass is 32.2. The van der Waals surface area contributed by atoms with Crippen LogP contribution >= 0.6 is 11.3 Å². The zero-order valence-electron chi connectivity index (χ0n) is 15.9. The van der Waals surface area contributed by atoms with E-state index in [0.29, 0.717) is 17.8 Å². The summed E-state index contributed by atoms with van der Waals surface area (Å²) in [5, 5.41) is 4.64. The Morgan fingerprint density at radius 1 is 1.07 bits per heavy atom. The fourth-order valence-electron chi connectivity index (χ4n) is 3.31. The molecule has 0 spiro atoms. The molecule has 2 N–H and O–H groups in total. The third-order valence-corrected chi connectivity index (χ3v) is 7.55. The van der Waals surface area contributed by atoms with Gasteiger partial charge in [-0.2, -0.15) is 0 Å². The van der Waals surface area contributed by atoms with E-state index in [9.17, 15) is 13.2 Å². The second-order valence-corrected chi connectivity index (χ2v) is 9.84. The van der Waals surface area contributed by atoms with Crippen LogP contribution in [0.4, 0.5) is 5.69 Å². The minimum Gasteiger partial charge on any atom is -0.352 e. The number of nitrogens with one attached hydrogen (secondary N) is 2. The molecular weight excluding hydrogens is 394 g/mol. The van der Waals surface area contributed by atoms with Crippen LogP contribution in [0.3, 0.4) is 0 Å². The molecule has 0 radical (unpaired) electrons. The van der Waals surface area contributed by atoms with Crippen LogP contribution in [0.5, 0.6) is 0 Å². The maximum Gasteiger partial charge on any atom is 0.271 e. The molecular formula is C20H27N3O3S2. The Hall–Kier alpha value is -1.90. The van der Waals surface area contributed by atoms with Gasteiger partial charge in [-0.05, 0) is 68.5 Å². The molecule has 6 nitrogen and oxygen atoms in total. The standard InChI is InChI=1S/C20H27N3O3S2/c24-20(21-11-7-14-23-12-3-1-2-4-13-23)17-8-5-9-18(16-17)22-28(25,26)19-10-6-15-27-19/h5-6,8-10,15-16,22H,1-4,7,11-14H2,(H,21,24). The van der Waals surface area contributed by atoms with Crippen molar-refractivity contribution in [1.29, 1.82) is 0 Å². The summed E-state index contributed by atoms with van der Waals surface area (Å²) in [6.07, 6.45) is 6.08. The first-order valence-corrected chi connectivity index (χ1v) is 12.1. The molecule has 1 aromatic heterocycles. The Balaban J connectivity index is 1.49. The Bertz CT molecular complexity index is 859. The van der Waals surface area contributed by atoms with Gasteiger partial charge in [-0.15, -0.1) is 11.3 Å². The smallest absolute Gasteiger partial charge is 0.271 e. The predicted molar refractivity (Wildman–Crippen MR) is 113 cm³/mol. The molecule has 0 aliphatic carbocycles. The van der Waals surface area contributed by atoms with Gasteiger partial charge in [-0.25, -0.2) is 8.42 Å². The average Bonchev–Trinajstić information content (AvgIpc) is 3.11. The number of nitrogens with zero attached hydrogens (tertiary/aromatic N) is 1. The van der Waals surface area contributed by atoms with Crippen LogP contribution in [-0.4, -0.2) is 45.4 Å². The molecule has 1 aliphatic rings. The zero-order chi connectivity index (χ0) is 19.8. The Morgan fingerprint density at radius 2 is 1.86 bits per heavy atom. The Morgan fingerprint density at radius 3 is 2.57 bits per heavy atom. The Kier molecular flexibility index (Phi) is 7.47. The van der Waals surface area contributed by atoms with Crippen molar-refractivity contribution in [2.24, 2.45) is 0 Å². The van der Waals surface area contributed by atoms with Crippen molar-refractivity contribution in [3.8, 4) is 0 Å². The number of hydrogen-bond acceptors (Lipinski definition) is 5. The summed E-state index contributed by atoms with van der Waals surface area (Å²) < 4.78 is 27.4. The molecule has 2 heterocycles. The van der Waals surface area contributed by atoms with Gasteiger partial charge < -0.3 is 10.2 Å². The fourth-order valence-corrected chi connectivity index (χ4v) is 5.35. The zero-order valence-corrected chi connectivity index (χ0v) is 17.5. The van der Waals surface area contributed by atoms with Crippen LogP contribution in [0.15, 0.2) is 46.0 Å². The monoisotopic (exact) mass is 421 g/mol. The van der Waals surface area contributed by atoms with Crippen LogP contribution in [0, 0.1) is 0 Å². The van der Waals surface area contributed by atoms with Gasteiger partial charge in [0, 0.05) is 17.8 Å². The van der Waals surface area contributed by atoms with Gasteiger partial charge in [0.05, 0.1) is 0 Å². The lowest BCUT2D eigenvalue weighted by Crippen LogP contribution is -2.30. The summed E-state index contributed by atoms with van der Waals surface area (Å²) in [5.41, 5.74) is 0.826. The quantitative estimate of drug-likeness (QED) is 0.639. The first kappa shape index (κ1) is 20.8. The van der Waals surface area contributed by atoms with E-state index in [0.717, 1.165) is 37.4 Å². The number of hydrogen-bond donors (Lipinski definition) is 2. The molecule has 2 aromatic rings. The highest BCUT2D eigenvalue weighted by Crippen LogP contribution is 2.20. The minimum absolute atomic E-state index is 0.187. The van der Waals surface area contributed by atoms with Gasteiger partial charge in [0.15, 0.2) is 0 Å². The largest absolute Gasteiger partial charge is 0.352 e. The van der Waals surface area contributed by atoms with Crippen molar-refractivity contribution in [2.75, 3.05) is 30.9 Å². The lowest BCUT2D eigenvalue weighted by molar-refractivity contribution is 0.0951. The third kappa shape index (κ3) is 6.05. The van der Waals surface area contributed by atoms with Crippen molar-refractivity contribution in [1.82, 2.24) is 10.2 Å².